The lowest BCUT2D eigenvalue weighted by atomic mass is 10.1. The van der Waals surface area contributed by atoms with E-state index in [9.17, 15) is 14.4 Å². The van der Waals surface area contributed by atoms with Gasteiger partial charge in [0.1, 0.15) is 13.2 Å². The van der Waals surface area contributed by atoms with Crippen LogP contribution in [0.25, 0.3) is 0 Å². The summed E-state index contributed by atoms with van der Waals surface area (Å²) in [6, 6.07) is 0. The molecule has 0 aromatic rings. The van der Waals surface area contributed by atoms with Crippen LogP contribution >= 0.6 is 0 Å². The topological polar surface area (TPSA) is 78.9 Å². The molecule has 0 heterocycles. The lowest BCUT2D eigenvalue weighted by molar-refractivity contribution is -0.167. The van der Waals surface area contributed by atoms with Crippen molar-refractivity contribution in [3.8, 4) is 0 Å². The fourth-order valence-electron chi connectivity index (χ4n) is 6.87. The molecule has 0 saturated heterocycles. The predicted molar refractivity (Wildman–Crippen MR) is 306 cm³/mol. The first-order chi connectivity index (χ1) is 35.0. The van der Waals surface area contributed by atoms with E-state index in [0.29, 0.717) is 19.3 Å². The molecule has 0 fully saturated rings. The van der Waals surface area contributed by atoms with Crippen LogP contribution in [-0.4, -0.2) is 37.2 Å². The van der Waals surface area contributed by atoms with Gasteiger partial charge in [0.25, 0.3) is 0 Å². The maximum Gasteiger partial charge on any atom is 0.306 e. The van der Waals surface area contributed by atoms with Crippen LogP contribution in [0.3, 0.4) is 0 Å². The minimum atomic E-state index is -0.850. The standard InChI is InChI=1S/C65H100O6/c1-4-7-10-13-16-19-22-25-28-31-32-35-37-40-43-46-49-52-55-58-64(67)70-61-62(71-65(68)59-56-53-50-47-44-41-38-34-30-27-24-21-18-15-12-9-6-3)60-69-63(66)57-54-51-48-45-42-39-36-33-29-26-23-20-17-14-11-8-5-2/h7,9-10,12,16,18-19,21,25-30,32,35-36,38-41,43,45,47-48,50,62H,4-6,8,11,13-15,17,20,22-24,31,33-34,37,42,44,46,49,51-61H2,1-3H3/b10-7-,12-9-,19-16-,21-18-,28-25-,29-26-,30-27-,35-32-,39-36-,41-38-,43-40-,48-45-,50-47-. The molecule has 0 aromatic carbocycles. The van der Waals surface area contributed by atoms with E-state index in [1.165, 1.54) is 44.9 Å². The quantitative estimate of drug-likeness (QED) is 0.0262. The van der Waals surface area contributed by atoms with Gasteiger partial charge in [0, 0.05) is 19.3 Å². The summed E-state index contributed by atoms with van der Waals surface area (Å²) in [5, 5.41) is 0. The first kappa shape index (κ1) is 66.0. The fourth-order valence-corrected chi connectivity index (χ4v) is 6.87. The second-order valence-corrected chi connectivity index (χ2v) is 17.7. The van der Waals surface area contributed by atoms with Gasteiger partial charge in [0.15, 0.2) is 6.10 Å². The van der Waals surface area contributed by atoms with Gasteiger partial charge in [-0.2, -0.15) is 0 Å². The van der Waals surface area contributed by atoms with Crippen molar-refractivity contribution in [3.05, 3.63) is 158 Å². The molecule has 0 radical (unpaired) electrons. The molecule has 1 atom stereocenters. The number of ether oxygens (including phenoxy) is 3. The van der Waals surface area contributed by atoms with Crippen molar-refractivity contribution in [2.45, 2.75) is 219 Å². The van der Waals surface area contributed by atoms with Gasteiger partial charge >= 0.3 is 17.9 Å². The molecule has 6 heteroatoms. The molecule has 0 bridgehead atoms. The molecular formula is C65H100O6. The number of carbonyl (C=O) groups excluding carboxylic acids is 3. The SMILES string of the molecule is CC/C=C\C/C=C\C/C=C\C/C=C\C/C=C\CCCCCC(=O)OCC(COC(=O)CCC/C=C\C/C=C\C/C=C\CCCCCCCC)OC(=O)CCC/C=C\C/C=C\C/C=C\C/C=C\C/C=C\CC. The zero-order valence-corrected chi connectivity index (χ0v) is 45.2. The Bertz CT molecular complexity index is 1640. The summed E-state index contributed by atoms with van der Waals surface area (Å²) in [5.41, 5.74) is 0. The number of unbranched alkanes of at least 4 members (excludes halogenated alkanes) is 11. The minimum absolute atomic E-state index is 0.141. The second-order valence-electron chi connectivity index (χ2n) is 17.7. The third-order valence-electron chi connectivity index (χ3n) is 11.0. The number of carbonyl (C=O) groups is 3. The Morgan fingerprint density at radius 3 is 0.915 bits per heavy atom. The van der Waals surface area contributed by atoms with Crippen molar-refractivity contribution < 1.29 is 28.6 Å². The van der Waals surface area contributed by atoms with Gasteiger partial charge < -0.3 is 14.2 Å². The van der Waals surface area contributed by atoms with E-state index in [0.717, 1.165) is 116 Å². The van der Waals surface area contributed by atoms with Crippen LogP contribution in [0.4, 0.5) is 0 Å². The molecule has 0 aliphatic heterocycles. The van der Waals surface area contributed by atoms with E-state index >= 15 is 0 Å². The summed E-state index contributed by atoms with van der Waals surface area (Å²) in [7, 11) is 0. The average Bonchev–Trinajstić information content (AvgIpc) is 3.37. The maximum absolute atomic E-state index is 12.8. The van der Waals surface area contributed by atoms with E-state index in [4.69, 9.17) is 14.2 Å². The Kier molecular flexibility index (Phi) is 53.6. The van der Waals surface area contributed by atoms with Crippen LogP contribution in [0.5, 0.6) is 0 Å². The van der Waals surface area contributed by atoms with E-state index in [-0.39, 0.29) is 38.0 Å². The number of hydrogen-bond donors (Lipinski definition) is 0. The van der Waals surface area contributed by atoms with Crippen molar-refractivity contribution in [1.82, 2.24) is 0 Å². The summed E-state index contributed by atoms with van der Waals surface area (Å²) >= 11 is 0. The molecule has 71 heavy (non-hydrogen) atoms. The Morgan fingerprint density at radius 1 is 0.296 bits per heavy atom. The van der Waals surface area contributed by atoms with Crippen molar-refractivity contribution in [3.63, 3.8) is 0 Å². The van der Waals surface area contributed by atoms with Gasteiger partial charge in [0.2, 0.25) is 0 Å². The zero-order valence-electron chi connectivity index (χ0n) is 45.2. The number of esters is 3. The normalized spacial score (nSPS) is 13.3. The van der Waals surface area contributed by atoms with Crippen LogP contribution in [0, 0.1) is 0 Å². The van der Waals surface area contributed by atoms with Crippen LogP contribution < -0.4 is 0 Å². The first-order valence-corrected chi connectivity index (χ1v) is 28.0. The Morgan fingerprint density at radius 2 is 0.563 bits per heavy atom. The molecule has 0 N–H and O–H groups in total. The van der Waals surface area contributed by atoms with Crippen LogP contribution in [0.15, 0.2) is 158 Å². The second kappa shape index (κ2) is 57.6. The number of rotatable bonds is 48. The van der Waals surface area contributed by atoms with Crippen LogP contribution in [0.2, 0.25) is 0 Å². The van der Waals surface area contributed by atoms with Crippen molar-refractivity contribution in [2.75, 3.05) is 13.2 Å². The lowest BCUT2D eigenvalue weighted by Gasteiger charge is -2.18. The zero-order chi connectivity index (χ0) is 51.4. The molecule has 0 aliphatic carbocycles. The minimum Gasteiger partial charge on any atom is -0.462 e. The lowest BCUT2D eigenvalue weighted by Crippen LogP contribution is -2.30. The molecule has 6 nitrogen and oxygen atoms in total. The summed E-state index contributed by atoms with van der Waals surface area (Å²) in [6.07, 6.45) is 83.8. The van der Waals surface area contributed by atoms with Crippen molar-refractivity contribution in [1.29, 1.82) is 0 Å². The number of allylic oxidation sites excluding steroid dienone is 26. The highest BCUT2D eigenvalue weighted by Gasteiger charge is 2.19. The summed E-state index contributed by atoms with van der Waals surface area (Å²) in [6.45, 7) is 6.26. The van der Waals surface area contributed by atoms with Gasteiger partial charge in [-0.25, -0.2) is 0 Å². The monoisotopic (exact) mass is 977 g/mol. The van der Waals surface area contributed by atoms with Crippen LogP contribution in [0.1, 0.15) is 213 Å². The summed E-state index contributed by atoms with van der Waals surface area (Å²) in [5.74, 6) is -1.09. The smallest absolute Gasteiger partial charge is 0.306 e. The highest BCUT2D eigenvalue weighted by atomic mass is 16.6. The summed E-state index contributed by atoms with van der Waals surface area (Å²) < 4.78 is 16.7. The van der Waals surface area contributed by atoms with E-state index in [1.54, 1.807) is 0 Å². The van der Waals surface area contributed by atoms with Gasteiger partial charge in [0.05, 0.1) is 0 Å². The van der Waals surface area contributed by atoms with Gasteiger partial charge in [-0.3, -0.25) is 14.4 Å². The molecule has 0 amide bonds. The van der Waals surface area contributed by atoms with Crippen LogP contribution in [-0.2, 0) is 28.6 Å². The molecule has 0 saturated carbocycles. The maximum atomic E-state index is 12.8. The average molecular weight is 978 g/mol. The Balaban J connectivity index is 4.65. The molecule has 1 unspecified atom stereocenters. The molecule has 0 aliphatic rings. The van der Waals surface area contributed by atoms with E-state index in [1.807, 2.05) is 0 Å². The van der Waals surface area contributed by atoms with Gasteiger partial charge in [-0.1, -0.05) is 217 Å². The van der Waals surface area contributed by atoms with Crippen molar-refractivity contribution in [2.24, 2.45) is 0 Å². The molecule has 0 aromatic heterocycles. The number of hydrogen-bond acceptors (Lipinski definition) is 6. The summed E-state index contributed by atoms with van der Waals surface area (Å²) in [4.78, 5) is 38.1. The third kappa shape index (κ3) is 55.8. The first-order valence-electron chi connectivity index (χ1n) is 28.0. The van der Waals surface area contributed by atoms with Gasteiger partial charge in [-0.05, 0) is 135 Å². The van der Waals surface area contributed by atoms with Crippen molar-refractivity contribution >= 4 is 17.9 Å². The molecule has 396 valence electrons. The molecule has 0 rings (SSSR count). The predicted octanol–water partition coefficient (Wildman–Crippen LogP) is 19.0. The highest BCUT2D eigenvalue weighted by molar-refractivity contribution is 5.71. The van der Waals surface area contributed by atoms with E-state index in [2.05, 4.69) is 179 Å². The Hall–Kier alpha value is -4.97. The van der Waals surface area contributed by atoms with E-state index < -0.39 is 12.1 Å². The molecular weight excluding hydrogens is 877 g/mol. The fraction of sp³-hybridized carbons (Fsp3) is 0.554. The van der Waals surface area contributed by atoms with Gasteiger partial charge in [-0.15, -0.1) is 0 Å². The molecule has 0 spiro atoms. The third-order valence-corrected chi connectivity index (χ3v) is 11.0. The largest absolute Gasteiger partial charge is 0.462 e. The Labute approximate surface area is 435 Å². The highest BCUT2D eigenvalue weighted by Crippen LogP contribution is 2.11.